The third-order valence-electron chi connectivity index (χ3n) is 6.14. The lowest BCUT2D eigenvalue weighted by Crippen LogP contribution is -3.14. The number of H-pyrrole nitrogens is 1. The van der Waals surface area contributed by atoms with Crippen molar-refractivity contribution in [1.82, 2.24) is 4.98 Å². The van der Waals surface area contributed by atoms with Crippen LogP contribution in [0.1, 0.15) is 52.9 Å². The van der Waals surface area contributed by atoms with E-state index in [0.29, 0.717) is 29.1 Å². The number of ether oxygens (including phenoxy) is 1. The molecule has 3 rings (SSSR count). The Bertz CT molecular complexity index is 912. The molecule has 1 aromatic carbocycles. The van der Waals surface area contributed by atoms with E-state index in [0.717, 1.165) is 18.8 Å². The van der Waals surface area contributed by atoms with Gasteiger partial charge in [0.2, 0.25) is 5.78 Å². The van der Waals surface area contributed by atoms with Crippen LogP contribution < -0.4 is 15.1 Å². The summed E-state index contributed by atoms with van der Waals surface area (Å²) < 4.78 is 5.12. The highest BCUT2D eigenvalue weighted by atomic mass is 16.5. The molecular weight excluding hydrogens is 392 g/mol. The molecule has 2 heterocycles. The van der Waals surface area contributed by atoms with Crippen LogP contribution in [0.3, 0.4) is 0 Å². The second-order valence-electron chi connectivity index (χ2n) is 8.21. The van der Waals surface area contributed by atoms with E-state index < -0.39 is 12.0 Å². The van der Waals surface area contributed by atoms with E-state index in [9.17, 15) is 9.59 Å². The van der Waals surface area contributed by atoms with E-state index in [4.69, 9.17) is 4.74 Å². The Kier molecular flexibility index (Phi) is 7.38. The Balaban J connectivity index is 1.65. The van der Waals surface area contributed by atoms with Crippen LogP contribution in [0.2, 0.25) is 0 Å². The van der Waals surface area contributed by atoms with Crippen molar-refractivity contribution in [3.05, 3.63) is 46.8 Å². The molecule has 1 aliphatic rings. The highest BCUT2D eigenvalue weighted by Crippen LogP contribution is 2.22. The first-order valence-corrected chi connectivity index (χ1v) is 11.2. The number of quaternary nitrogens is 1. The number of nitrogens with one attached hydrogen (secondary N) is 3. The number of hydrogen-bond donors (Lipinski definition) is 3. The predicted molar refractivity (Wildman–Crippen MR) is 124 cm³/mol. The lowest BCUT2D eigenvalue weighted by molar-refractivity contribution is -0.898. The van der Waals surface area contributed by atoms with E-state index in [1.165, 1.54) is 25.3 Å². The molecule has 2 aromatic rings. The number of aromatic amines is 1. The van der Waals surface area contributed by atoms with Gasteiger partial charge < -0.3 is 24.8 Å². The number of esters is 1. The Morgan fingerprint density at radius 3 is 2.39 bits per heavy atom. The summed E-state index contributed by atoms with van der Waals surface area (Å²) in [6.45, 7) is 15.4. The number of piperazine rings is 1. The Hall–Kier alpha value is -2.80. The fourth-order valence-corrected chi connectivity index (χ4v) is 4.24. The molecule has 31 heavy (non-hydrogen) atoms. The SMILES string of the molecule is CCOC(=O)c1c(C)[nH]c(C(=O)[C@H](C)Nc2ccc(N3CC[NH+](CC)CC3)cc2)c1C. The van der Waals surface area contributed by atoms with Gasteiger partial charge >= 0.3 is 5.97 Å². The van der Waals surface area contributed by atoms with Crippen LogP contribution in [-0.2, 0) is 4.74 Å². The fraction of sp³-hybridized carbons (Fsp3) is 0.500. The number of rotatable bonds is 8. The summed E-state index contributed by atoms with van der Waals surface area (Å²) in [5.74, 6) is -0.482. The van der Waals surface area contributed by atoms with Crippen molar-refractivity contribution in [2.75, 3.05) is 49.5 Å². The summed E-state index contributed by atoms with van der Waals surface area (Å²) in [5, 5.41) is 3.29. The van der Waals surface area contributed by atoms with Crippen LogP contribution in [0, 0.1) is 13.8 Å². The Morgan fingerprint density at radius 2 is 1.81 bits per heavy atom. The van der Waals surface area contributed by atoms with Crippen molar-refractivity contribution in [1.29, 1.82) is 0 Å². The van der Waals surface area contributed by atoms with Gasteiger partial charge in [0.05, 0.1) is 56.6 Å². The molecule has 0 amide bonds. The van der Waals surface area contributed by atoms with Gasteiger partial charge in [0, 0.05) is 17.1 Å². The molecule has 0 unspecified atom stereocenters. The molecule has 7 nitrogen and oxygen atoms in total. The monoisotopic (exact) mass is 427 g/mol. The largest absolute Gasteiger partial charge is 0.462 e. The van der Waals surface area contributed by atoms with E-state index in [1.54, 1.807) is 25.7 Å². The van der Waals surface area contributed by atoms with Gasteiger partial charge in [-0.15, -0.1) is 0 Å². The molecule has 1 atom stereocenters. The molecule has 0 radical (unpaired) electrons. The maximum atomic E-state index is 13.0. The molecule has 7 heteroatoms. The summed E-state index contributed by atoms with van der Waals surface area (Å²) in [6, 6.07) is 7.83. The van der Waals surface area contributed by atoms with Crippen molar-refractivity contribution in [2.45, 2.75) is 40.7 Å². The summed E-state index contributed by atoms with van der Waals surface area (Å²) in [4.78, 5) is 32.4. The van der Waals surface area contributed by atoms with Gasteiger partial charge in [-0.05, 0) is 64.4 Å². The topological polar surface area (TPSA) is 78.9 Å². The Morgan fingerprint density at radius 1 is 1.16 bits per heavy atom. The molecule has 0 saturated carbocycles. The molecule has 0 bridgehead atoms. The average molecular weight is 428 g/mol. The number of likely N-dealkylation sites (N-methyl/N-ethyl adjacent to an activating group) is 1. The zero-order chi connectivity index (χ0) is 22.5. The number of nitrogens with zero attached hydrogens (tertiary/aromatic N) is 1. The highest BCUT2D eigenvalue weighted by molar-refractivity contribution is 6.04. The molecule has 1 aliphatic heterocycles. The van der Waals surface area contributed by atoms with Crippen LogP contribution in [-0.4, -0.2) is 62.1 Å². The van der Waals surface area contributed by atoms with Gasteiger partial charge in [-0.2, -0.15) is 0 Å². The van der Waals surface area contributed by atoms with E-state index in [2.05, 4.69) is 34.3 Å². The van der Waals surface area contributed by atoms with Crippen molar-refractivity contribution in [2.24, 2.45) is 0 Å². The van der Waals surface area contributed by atoms with Crippen molar-refractivity contribution >= 4 is 23.1 Å². The summed E-state index contributed by atoms with van der Waals surface area (Å²) in [7, 11) is 0. The number of aromatic nitrogens is 1. The molecular formula is C24H35N4O3+. The highest BCUT2D eigenvalue weighted by Gasteiger charge is 2.26. The van der Waals surface area contributed by atoms with Gasteiger partial charge in [-0.25, -0.2) is 4.79 Å². The maximum absolute atomic E-state index is 13.0. The molecule has 1 fully saturated rings. The molecule has 168 valence electrons. The summed E-state index contributed by atoms with van der Waals surface area (Å²) >= 11 is 0. The minimum Gasteiger partial charge on any atom is -0.462 e. The Labute approximate surface area is 184 Å². The van der Waals surface area contributed by atoms with Crippen LogP contribution in [0.25, 0.3) is 0 Å². The van der Waals surface area contributed by atoms with E-state index >= 15 is 0 Å². The van der Waals surface area contributed by atoms with Gasteiger partial charge in [-0.1, -0.05) is 0 Å². The van der Waals surface area contributed by atoms with E-state index in [-0.39, 0.29) is 5.78 Å². The second-order valence-corrected chi connectivity index (χ2v) is 8.21. The molecule has 3 N–H and O–H groups in total. The number of hydrogen-bond acceptors (Lipinski definition) is 5. The lowest BCUT2D eigenvalue weighted by atomic mass is 10.0. The molecule has 0 aliphatic carbocycles. The van der Waals surface area contributed by atoms with Crippen molar-refractivity contribution in [3.63, 3.8) is 0 Å². The minimum atomic E-state index is -0.436. The lowest BCUT2D eigenvalue weighted by Gasteiger charge is -2.33. The quantitative estimate of drug-likeness (QED) is 0.445. The standard InChI is InChI=1S/C24H34N4O3/c1-6-27-12-14-28(15-13-27)20-10-8-19(9-11-20)25-18(5)23(29)22-16(3)21(17(4)26-22)24(30)31-7-2/h8-11,18,25-26H,6-7,12-15H2,1-5H3/p+1/t18-/m0/s1. The van der Waals surface area contributed by atoms with Gasteiger partial charge in [0.1, 0.15) is 0 Å². The number of benzene rings is 1. The summed E-state index contributed by atoms with van der Waals surface area (Å²) in [6.07, 6.45) is 0. The number of carbonyl (C=O) groups is 2. The molecule has 0 spiro atoms. The van der Waals surface area contributed by atoms with Crippen LogP contribution >= 0.6 is 0 Å². The minimum absolute atomic E-state index is 0.0844. The normalized spacial score (nSPS) is 15.6. The molecule has 1 aromatic heterocycles. The average Bonchev–Trinajstić information content (AvgIpc) is 3.07. The first-order valence-electron chi connectivity index (χ1n) is 11.2. The predicted octanol–water partition coefficient (Wildman–Crippen LogP) is 2.22. The smallest absolute Gasteiger partial charge is 0.340 e. The van der Waals surface area contributed by atoms with Gasteiger partial charge in [-0.3, -0.25) is 4.79 Å². The number of carbonyl (C=O) groups excluding carboxylic acids is 2. The number of Topliss-reactive ketones (excluding diaryl/α,β-unsaturated/α-hetero) is 1. The van der Waals surface area contributed by atoms with Crippen LogP contribution in [0.4, 0.5) is 11.4 Å². The van der Waals surface area contributed by atoms with Crippen LogP contribution in [0.15, 0.2) is 24.3 Å². The number of anilines is 2. The fourth-order valence-electron chi connectivity index (χ4n) is 4.24. The molecule has 1 saturated heterocycles. The third kappa shape index (κ3) is 5.10. The first-order chi connectivity index (χ1) is 14.8. The zero-order valence-electron chi connectivity index (χ0n) is 19.3. The maximum Gasteiger partial charge on any atom is 0.340 e. The third-order valence-corrected chi connectivity index (χ3v) is 6.14. The van der Waals surface area contributed by atoms with Gasteiger partial charge in [0.15, 0.2) is 0 Å². The van der Waals surface area contributed by atoms with Crippen LogP contribution in [0.5, 0.6) is 0 Å². The van der Waals surface area contributed by atoms with E-state index in [1.807, 2.05) is 19.1 Å². The second kappa shape index (κ2) is 10.0. The first kappa shape index (κ1) is 22.9. The number of ketones is 1. The van der Waals surface area contributed by atoms with Gasteiger partial charge in [0.25, 0.3) is 0 Å². The van der Waals surface area contributed by atoms with Crippen molar-refractivity contribution in [3.8, 4) is 0 Å². The van der Waals surface area contributed by atoms with Crippen molar-refractivity contribution < 1.29 is 19.2 Å². The summed E-state index contributed by atoms with van der Waals surface area (Å²) in [5.41, 5.74) is 4.31. The number of aryl methyl sites for hydroxylation is 1. The zero-order valence-corrected chi connectivity index (χ0v) is 19.3.